The van der Waals surface area contributed by atoms with Gasteiger partial charge in [-0.2, -0.15) is 0 Å². The van der Waals surface area contributed by atoms with E-state index in [-0.39, 0.29) is 11.5 Å². The van der Waals surface area contributed by atoms with Gasteiger partial charge < -0.3 is 9.47 Å². The summed E-state index contributed by atoms with van der Waals surface area (Å²) in [5.74, 6) is 0.342. The number of carbonyl (C=O) groups excluding carboxylic acids is 1. The standard InChI is InChI=1S/C14H12N2O3S/c1-2-18-13-11(16-14-15-7-8-20-14)12(17)9-5-3-4-6-10(9)19-13/h3-8,13H,2H2,1H3/b16-11-. The first-order valence-electron chi connectivity index (χ1n) is 6.19. The monoisotopic (exact) mass is 288 g/mol. The van der Waals surface area contributed by atoms with Crippen molar-refractivity contribution in [3.8, 4) is 5.75 Å². The van der Waals surface area contributed by atoms with Crippen molar-refractivity contribution < 1.29 is 14.3 Å². The van der Waals surface area contributed by atoms with Gasteiger partial charge >= 0.3 is 0 Å². The quantitative estimate of drug-likeness (QED) is 0.871. The van der Waals surface area contributed by atoms with E-state index in [1.165, 1.54) is 11.3 Å². The summed E-state index contributed by atoms with van der Waals surface area (Å²) in [7, 11) is 0. The number of thiazole rings is 1. The lowest BCUT2D eigenvalue weighted by Gasteiger charge is -2.25. The zero-order chi connectivity index (χ0) is 13.9. The zero-order valence-electron chi connectivity index (χ0n) is 10.8. The highest BCUT2D eigenvalue weighted by Gasteiger charge is 2.34. The van der Waals surface area contributed by atoms with Crippen LogP contribution in [0.15, 0.2) is 40.8 Å². The van der Waals surface area contributed by atoms with Crippen LogP contribution in [0, 0.1) is 0 Å². The smallest absolute Gasteiger partial charge is 0.247 e. The van der Waals surface area contributed by atoms with E-state index in [0.29, 0.717) is 23.1 Å². The van der Waals surface area contributed by atoms with Crippen molar-refractivity contribution in [3.05, 3.63) is 41.4 Å². The number of benzene rings is 1. The van der Waals surface area contributed by atoms with E-state index in [4.69, 9.17) is 9.47 Å². The molecule has 1 aromatic heterocycles. The van der Waals surface area contributed by atoms with Crippen molar-refractivity contribution in [2.45, 2.75) is 13.2 Å². The molecule has 1 aliphatic rings. The van der Waals surface area contributed by atoms with Crippen molar-refractivity contribution in [1.82, 2.24) is 4.98 Å². The number of rotatable bonds is 3. The number of carbonyl (C=O) groups is 1. The lowest BCUT2D eigenvalue weighted by atomic mass is 10.0. The van der Waals surface area contributed by atoms with Gasteiger partial charge in [-0.25, -0.2) is 9.98 Å². The minimum Gasteiger partial charge on any atom is -0.458 e. The first kappa shape index (κ1) is 13.0. The Morgan fingerprint density at radius 3 is 3.05 bits per heavy atom. The molecule has 3 rings (SSSR count). The molecule has 102 valence electrons. The van der Waals surface area contributed by atoms with E-state index in [2.05, 4.69) is 9.98 Å². The summed E-state index contributed by atoms with van der Waals surface area (Å²) < 4.78 is 11.2. The minimum atomic E-state index is -0.786. The molecule has 2 heterocycles. The van der Waals surface area contributed by atoms with Crippen LogP contribution in [-0.2, 0) is 4.74 Å². The Hall–Kier alpha value is -2.05. The summed E-state index contributed by atoms with van der Waals surface area (Å²) in [6.45, 7) is 2.27. The maximum Gasteiger partial charge on any atom is 0.247 e. The predicted octanol–water partition coefficient (Wildman–Crippen LogP) is 2.85. The Labute approximate surface area is 119 Å². The van der Waals surface area contributed by atoms with Crippen LogP contribution in [0.3, 0.4) is 0 Å². The molecular formula is C14H12N2O3S. The van der Waals surface area contributed by atoms with E-state index >= 15 is 0 Å². The molecule has 1 atom stereocenters. The van der Waals surface area contributed by atoms with Crippen LogP contribution in [0.1, 0.15) is 17.3 Å². The molecule has 0 spiro atoms. The Bertz CT molecular complexity index is 652. The van der Waals surface area contributed by atoms with E-state index in [0.717, 1.165) is 0 Å². The van der Waals surface area contributed by atoms with Crippen LogP contribution in [0.4, 0.5) is 5.13 Å². The van der Waals surface area contributed by atoms with Crippen LogP contribution in [0.2, 0.25) is 0 Å². The summed E-state index contributed by atoms with van der Waals surface area (Å²) in [6.07, 6.45) is 0.855. The second kappa shape index (κ2) is 5.52. The largest absolute Gasteiger partial charge is 0.458 e. The molecule has 1 unspecified atom stereocenters. The zero-order valence-corrected chi connectivity index (χ0v) is 11.6. The highest BCUT2D eigenvalue weighted by Crippen LogP contribution is 2.28. The normalized spacial score (nSPS) is 19.8. The number of para-hydroxylation sites is 1. The second-order valence-electron chi connectivity index (χ2n) is 4.04. The fraction of sp³-hybridized carbons (Fsp3) is 0.214. The van der Waals surface area contributed by atoms with Gasteiger partial charge in [-0.1, -0.05) is 12.1 Å². The molecule has 0 N–H and O–H groups in total. The Balaban J connectivity index is 2.04. The Kier molecular flexibility index (Phi) is 3.58. The predicted molar refractivity (Wildman–Crippen MR) is 76.0 cm³/mol. The molecule has 5 nitrogen and oxygen atoms in total. The van der Waals surface area contributed by atoms with Crippen molar-refractivity contribution >= 4 is 28.0 Å². The third kappa shape index (κ3) is 2.35. The highest BCUT2D eigenvalue weighted by atomic mass is 32.1. The fourth-order valence-electron chi connectivity index (χ4n) is 1.92. The third-order valence-electron chi connectivity index (χ3n) is 2.78. The molecule has 2 aromatic rings. The van der Waals surface area contributed by atoms with Gasteiger partial charge in [0.1, 0.15) is 5.75 Å². The number of fused-ring (bicyclic) bond motifs is 1. The van der Waals surface area contributed by atoms with E-state index < -0.39 is 6.29 Å². The van der Waals surface area contributed by atoms with Gasteiger partial charge in [-0.15, -0.1) is 11.3 Å². The molecule has 0 saturated carbocycles. The van der Waals surface area contributed by atoms with Gasteiger partial charge in [0, 0.05) is 18.2 Å². The number of aliphatic imine (C=N–C) groups is 1. The van der Waals surface area contributed by atoms with Crippen molar-refractivity contribution in [2.24, 2.45) is 4.99 Å². The highest BCUT2D eigenvalue weighted by molar-refractivity contribution is 7.13. The lowest BCUT2D eigenvalue weighted by Crippen LogP contribution is -2.40. The summed E-state index contributed by atoms with van der Waals surface area (Å²) in [6, 6.07) is 7.08. The van der Waals surface area contributed by atoms with Crippen molar-refractivity contribution in [3.63, 3.8) is 0 Å². The molecule has 1 aromatic carbocycles. The summed E-state index contributed by atoms with van der Waals surface area (Å²) in [5.41, 5.74) is 0.735. The Morgan fingerprint density at radius 2 is 2.30 bits per heavy atom. The van der Waals surface area contributed by atoms with Crippen molar-refractivity contribution in [2.75, 3.05) is 6.61 Å². The lowest BCUT2D eigenvalue weighted by molar-refractivity contribution is -0.0285. The summed E-state index contributed by atoms with van der Waals surface area (Å²) in [5, 5.41) is 2.32. The van der Waals surface area contributed by atoms with Gasteiger partial charge in [0.25, 0.3) is 0 Å². The van der Waals surface area contributed by atoms with Crippen LogP contribution in [-0.4, -0.2) is 29.4 Å². The van der Waals surface area contributed by atoms with Crippen LogP contribution in [0.5, 0.6) is 5.75 Å². The second-order valence-corrected chi connectivity index (χ2v) is 4.92. The van der Waals surface area contributed by atoms with Crippen LogP contribution < -0.4 is 4.74 Å². The molecule has 0 bridgehead atoms. The number of nitrogens with zero attached hydrogens (tertiary/aromatic N) is 2. The van der Waals surface area contributed by atoms with E-state index in [1.54, 1.807) is 29.8 Å². The van der Waals surface area contributed by atoms with Gasteiger partial charge in [0.15, 0.2) is 5.71 Å². The molecule has 0 amide bonds. The first-order valence-corrected chi connectivity index (χ1v) is 7.07. The van der Waals surface area contributed by atoms with Gasteiger partial charge in [-0.05, 0) is 19.1 Å². The van der Waals surface area contributed by atoms with E-state index in [9.17, 15) is 4.79 Å². The maximum atomic E-state index is 12.5. The number of hydrogen-bond acceptors (Lipinski definition) is 6. The summed E-state index contributed by atoms with van der Waals surface area (Å²) >= 11 is 1.36. The van der Waals surface area contributed by atoms with Crippen molar-refractivity contribution in [1.29, 1.82) is 0 Å². The maximum absolute atomic E-state index is 12.5. The summed E-state index contributed by atoms with van der Waals surface area (Å²) in [4.78, 5) is 20.9. The fourth-order valence-corrected chi connectivity index (χ4v) is 2.43. The average molecular weight is 288 g/mol. The molecule has 0 aliphatic carbocycles. The molecule has 1 aliphatic heterocycles. The number of ether oxygens (including phenoxy) is 2. The minimum absolute atomic E-state index is 0.180. The topological polar surface area (TPSA) is 60.8 Å². The van der Waals surface area contributed by atoms with Gasteiger partial charge in [0.05, 0.1) is 5.56 Å². The number of aromatic nitrogens is 1. The van der Waals surface area contributed by atoms with E-state index in [1.807, 2.05) is 13.0 Å². The average Bonchev–Trinajstić information content (AvgIpc) is 2.96. The number of hydrogen-bond donors (Lipinski definition) is 0. The molecule has 6 heteroatoms. The molecule has 0 saturated heterocycles. The number of ketones is 1. The SMILES string of the molecule is CCOC1Oc2ccccc2C(=O)/C1=N/c1nccs1. The van der Waals surface area contributed by atoms with Crippen LogP contribution >= 0.6 is 11.3 Å². The number of Topliss-reactive ketones (excluding diaryl/α,β-unsaturated/α-hetero) is 1. The Morgan fingerprint density at radius 1 is 1.45 bits per heavy atom. The van der Waals surface area contributed by atoms with Crippen LogP contribution in [0.25, 0.3) is 0 Å². The molecule has 20 heavy (non-hydrogen) atoms. The first-order chi connectivity index (χ1) is 9.79. The molecular weight excluding hydrogens is 276 g/mol. The van der Waals surface area contributed by atoms with Gasteiger partial charge in [0.2, 0.25) is 17.2 Å². The third-order valence-corrected chi connectivity index (χ3v) is 3.44. The molecule has 0 radical (unpaired) electrons. The molecule has 0 fully saturated rings. The van der Waals surface area contributed by atoms with Gasteiger partial charge in [-0.3, -0.25) is 4.79 Å².